The van der Waals surface area contributed by atoms with Gasteiger partial charge in [0.05, 0.1) is 16.8 Å². The number of hydrogen-bond donors (Lipinski definition) is 2. The summed E-state index contributed by atoms with van der Waals surface area (Å²) in [7, 11) is 0. The van der Waals surface area contributed by atoms with Crippen LogP contribution in [0.15, 0.2) is 24.4 Å². The van der Waals surface area contributed by atoms with E-state index in [2.05, 4.69) is 15.3 Å². The van der Waals surface area contributed by atoms with Crippen molar-refractivity contribution in [3.05, 3.63) is 45.9 Å². The normalized spacial score (nSPS) is 18.6. The van der Waals surface area contributed by atoms with Crippen LogP contribution in [-0.2, 0) is 0 Å². The van der Waals surface area contributed by atoms with Crippen LogP contribution >= 0.6 is 0 Å². The highest BCUT2D eigenvalue weighted by Gasteiger charge is 2.19. The number of nitro benzene ring substituents is 1. The predicted molar refractivity (Wildman–Crippen MR) is 80.3 cm³/mol. The summed E-state index contributed by atoms with van der Waals surface area (Å²) in [4.78, 5) is 18.4. The molecule has 0 bridgehead atoms. The van der Waals surface area contributed by atoms with E-state index in [0.29, 0.717) is 11.5 Å². The molecule has 0 aliphatic carbocycles. The maximum atomic E-state index is 11.0. The molecule has 0 saturated carbocycles. The van der Waals surface area contributed by atoms with E-state index in [-0.39, 0.29) is 10.6 Å². The highest BCUT2D eigenvalue weighted by atomic mass is 16.6. The van der Waals surface area contributed by atoms with Crippen LogP contribution in [0.2, 0.25) is 0 Å². The zero-order chi connectivity index (χ0) is 14.8. The number of piperidine rings is 1. The van der Waals surface area contributed by atoms with Gasteiger partial charge in [-0.2, -0.15) is 0 Å². The standard InChI is InChI=1S/C15H18N4O2/c1-10-4-5-11(7-14(10)19(20)21)13-9-17-15(18-13)12-3-2-6-16-8-12/h4-5,7,9,12,16H,2-3,6,8H2,1H3,(H,17,18). The Hall–Kier alpha value is -2.21. The van der Waals surface area contributed by atoms with Gasteiger partial charge >= 0.3 is 0 Å². The first kappa shape index (κ1) is 13.8. The lowest BCUT2D eigenvalue weighted by atomic mass is 9.99. The van der Waals surface area contributed by atoms with Gasteiger partial charge in [0.1, 0.15) is 5.82 Å². The van der Waals surface area contributed by atoms with Crippen molar-refractivity contribution in [3.8, 4) is 11.3 Å². The maximum absolute atomic E-state index is 11.0. The van der Waals surface area contributed by atoms with Gasteiger partial charge in [-0.3, -0.25) is 10.1 Å². The quantitative estimate of drug-likeness (QED) is 0.671. The monoisotopic (exact) mass is 286 g/mol. The molecule has 21 heavy (non-hydrogen) atoms. The van der Waals surface area contributed by atoms with Crippen LogP contribution in [0.4, 0.5) is 5.69 Å². The third-order valence-corrected chi connectivity index (χ3v) is 4.00. The van der Waals surface area contributed by atoms with Gasteiger partial charge in [-0.05, 0) is 26.3 Å². The second-order valence-corrected chi connectivity index (χ2v) is 5.48. The summed E-state index contributed by atoms with van der Waals surface area (Å²) in [5.41, 5.74) is 2.44. The van der Waals surface area contributed by atoms with Crippen LogP contribution in [0.25, 0.3) is 11.3 Å². The molecule has 2 aromatic rings. The van der Waals surface area contributed by atoms with Gasteiger partial charge in [0.2, 0.25) is 0 Å². The Bertz CT molecular complexity index is 659. The van der Waals surface area contributed by atoms with E-state index in [9.17, 15) is 10.1 Å². The number of H-pyrrole nitrogens is 1. The zero-order valence-corrected chi connectivity index (χ0v) is 11.9. The average Bonchev–Trinajstić information content (AvgIpc) is 2.98. The van der Waals surface area contributed by atoms with E-state index in [1.54, 1.807) is 25.3 Å². The number of hydrogen-bond acceptors (Lipinski definition) is 4. The van der Waals surface area contributed by atoms with Crippen molar-refractivity contribution >= 4 is 5.69 Å². The van der Waals surface area contributed by atoms with Gasteiger partial charge < -0.3 is 10.3 Å². The Kier molecular flexibility index (Phi) is 3.70. The third-order valence-electron chi connectivity index (χ3n) is 4.00. The minimum Gasteiger partial charge on any atom is -0.342 e. The molecule has 2 heterocycles. The number of aryl methyl sites for hydroxylation is 1. The predicted octanol–water partition coefficient (Wildman–Crippen LogP) is 2.76. The van der Waals surface area contributed by atoms with Gasteiger partial charge in [-0.25, -0.2) is 4.98 Å². The molecule has 1 unspecified atom stereocenters. The van der Waals surface area contributed by atoms with E-state index in [4.69, 9.17) is 0 Å². The fraction of sp³-hybridized carbons (Fsp3) is 0.400. The van der Waals surface area contributed by atoms with E-state index in [0.717, 1.165) is 43.0 Å². The third kappa shape index (κ3) is 2.80. The fourth-order valence-corrected chi connectivity index (χ4v) is 2.75. The Balaban J connectivity index is 1.89. The van der Waals surface area contributed by atoms with Crippen LogP contribution in [0.5, 0.6) is 0 Å². The van der Waals surface area contributed by atoms with Crippen molar-refractivity contribution in [2.75, 3.05) is 13.1 Å². The molecule has 3 rings (SSSR count). The molecule has 1 saturated heterocycles. The summed E-state index contributed by atoms with van der Waals surface area (Å²) in [6.45, 7) is 3.74. The number of imidazole rings is 1. The SMILES string of the molecule is Cc1ccc(-c2cnc(C3CCCNC3)[nH]2)cc1[N+](=O)[O-]. The fourth-order valence-electron chi connectivity index (χ4n) is 2.75. The van der Waals surface area contributed by atoms with Gasteiger partial charge in [0, 0.05) is 29.7 Å². The minimum absolute atomic E-state index is 0.142. The number of aromatic nitrogens is 2. The van der Waals surface area contributed by atoms with Crippen molar-refractivity contribution in [1.82, 2.24) is 15.3 Å². The Morgan fingerprint density at radius 1 is 1.43 bits per heavy atom. The summed E-state index contributed by atoms with van der Waals surface area (Å²) < 4.78 is 0. The lowest BCUT2D eigenvalue weighted by Gasteiger charge is -2.20. The molecule has 0 amide bonds. The maximum Gasteiger partial charge on any atom is 0.272 e. The van der Waals surface area contributed by atoms with Crippen LogP contribution in [0.1, 0.15) is 30.1 Å². The Morgan fingerprint density at radius 3 is 3.00 bits per heavy atom. The van der Waals surface area contributed by atoms with Crippen molar-refractivity contribution in [3.63, 3.8) is 0 Å². The molecule has 2 N–H and O–H groups in total. The van der Waals surface area contributed by atoms with Crippen LogP contribution < -0.4 is 5.32 Å². The van der Waals surface area contributed by atoms with Crippen molar-refractivity contribution in [2.45, 2.75) is 25.7 Å². The summed E-state index contributed by atoms with van der Waals surface area (Å²) in [5.74, 6) is 1.35. The lowest BCUT2D eigenvalue weighted by Crippen LogP contribution is -2.28. The summed E-state index contributed by atoms with van der Waals surface area (Å²) in [6.07, 6.45) is 4.03. The van der Waals surface area contributed by atoms with E-state index < -0.39 is 0 Å². The zero-order valence-electron chi connectivity index (χ0n) is 11.9. The molecule has 0 radical (unpaired) electrons. The van der Waals surface area contributed by atoms with Crippen LogP contribution in [0, 0.1) is 17.0 Å². The lowest BCUT2D eigenvalue weighted by molar-refractivity contribution is -0.385. The molecule has 110 valence electrons. The molecule has 1 aromatic heterocycles. The largest absolute Gasteiger partial charge is 0.342 e. The molecule has 0 spiro atoms. The number of nitro groups is 1. The first-order chi connectivity index (χ1) is 10.1. The molecule has 1 aliphatic heterocycles. The second-order valence-electron chi connectivity index (χ2n) is 5.48. The highest BCUT2D eigenvalue weighted by molar-refractivity contribution is 5.63. The average molecular weight is 286 g/mol. The first-order valence-corrected chi connectivity index (χ1v) is 7.16. The number of rotatable bonds is 3. The number of nitrogens with one attached hydrogen (secondary N) is 2. The minimum atomic E-state index is -0.346. The molecule has 1 aliphatic rings. The summed E-state index contributed by atoms with van der Waals surface area (Å²) in [6, 6.07) is 5.26. The van der Waals surface area contributed by atoms with E-state index in [1.165, 1.54) is 0 Å². The molecule has 6 nitrogen and oxygen atoms in total. The molecular weight excluding hydrogens is 268 g/mol. The van der Waals surface area contributed by atoms with Crippen molar-refractivity contribution in [2.24, 2.45) is 0 Å². The van der Waals surface area contributed by atoms with Crippen molar-refractivity contribution < 1.29 is 4.92 Å². The van der Waals surface area contributed by atoms with Gasteiger partial charge in [0.25, 0.3) is 5.69 Å². The smallest absolute Gasteiger partial charge is 0.272 e. The molecule has 1 atom stereocenters. The second kappa shape index (κ2) is 5.65. The summed E-state index contributed by atoms with van der Waals surface area (Å²) in [5, 5.41) is 14.4. The number of nitrogens with zero attached hydrogens (tertiary/aromatic N) is 2. The van der Waals surface area contributed by atoms with Gasteiger partial charge in [-0.15, -0.1) is 0 Å². The number of benzene rings is 1. The molecule has 6 heteroatoms. The Morgan fingerprint density at radius 2 is 2.29 bits per heavy atom. The van der Waals surface area contributed by atoms with E-state index >= 15 is 0 Å². The number of aromatic amines is 1. The topological polar surface area (TPSA) is 83.8 Å². The van der Waals surface area contributed by atoms with E-state index in [1.807, 2.05) is 6.07 Å². The molecule has 1 aromatic carbocycles. The highest BCUT2D eigenvalue weighted by Crippen LogP contribution is 2.28. The van der Waals surface area contributed by atoms with Crippen LogP contribution in [-0.4, -0.2) is 28.0 Å². The first-order valence-electron chi connectivity index (χ1n) is 7.16. The molecule has 1 fully saturated rings. The van der Waals surface area contributed by atoms with Crippen molar-refractivity contribution in [1.29, 1.82) is 0 Å². The summed E-state index contributed by atoms with van der Waals surface area (Å²) >= 11 is 0. The molecular formula is C15H18N4O2. The Labute approximate surface area is 122 Å². The van der Waals surface area contributed by atoms with Gasteiger partial charge in [0.15, 0.2) is 0 Å². The van der Waals surface area contributed by atoms with Crippen LogP contribution in [0.3, 0.4) is 0 Å². The van der Waals surface area contributed by atoms with Gasteiger partial charge in [-0.1, -0.05) is 12.1 Å².